The van der Waals surface area contributed by atoms with Gasteiger partial charge in [0.25, 0.3) is 10.2 Å². The number of ether oxygens (including phenoxy) is 1. The van der Waals surface area contributed by atoms with Crippen molar-refractivity contribution < 1.29 is 13.2 Å². The van der Waals surface area contributed by atoms with Crippen LogP contribution < -0.4 is 5.69 Å². The van der Waals surface area contributed by atoms with Gasteiger partial charge in [-0.15, -0.1) is 0 Å². The van der Waals surface area contributed by atoms with Crippen molar-refractivity contribution in [3.05, 3.63) is 16.3 Å². The lowest BCUT2D eigenvalue weighted by Gasteiger charge is -2.40. The Morgan fingerprint density at radius 3 is 2.34 bits per heavy atom. The minimum atomic E-state index is -3.49. The Morgan fingerprint density at radius 1 is 0.966 bits per heavy atom. The van der Waals surface area contributed by atoms with E-state index in [0.29, 0.717) is 45.9 Å². The molecule has 4 heterocycles. The molecule has 0 spiro atoms. The van der Waals surface area contributed by atoms with Gasteiger partial charge in [0, 0.05) is 52.2 Å². The monoisotopic (exact) mass is 428 g/mol. The van der Waals surface area contributed by atoms with Crippen LogP contribution in [0.4, 0.5) is 0 Å². The summed E-state index contributed by atoms with van der Waals surface area (Å²) in [5, 5.41) is 4.53. The van der Waals surface area contributed by atoms with E-state index in [0.717, 1.165) is 38.1 Å². The molecule has 11 heteroatoms. The van der Waals surface area contributed by atoms with Crippen molar-refractivity contribution in [3.63, 3.8) is 0 Å². The summed E-state index contributed by atoms with van der Waals surface area (Å²) in [6.45, 7) is 7.77. The Bertz CT molecular complexity index is 863. The summed E-state index contributed by atoms with van der Waals surface area (Å²) in [4.78, 5) is 14.7. The fraction of sp³-hybridized carbons (Fsp3) is 0.889. The van der Waals surface area contributed by atoms with Crippen LogP contribution in [0.5, 0.6) is 0 Å². The maximum absolute atomic E-state index is 13.0. The molecule has 0 aliphatic carbocycles. The first-order valence-corrected chi connectivity index (χ1v) is 12.0. The van der Waals surface area contributed by atoms with Gasteiger partial charge < -0.3 is 4.74 Å². The SMILES string of the molecule is C[C@@H]1CN(S(=O)(=O)N2CCN(Cn3nc4n(c3=O)CCCCC4)CC2)C[C@H](C)O1. The van der Waals surface area contributed by atoms with Gasteiger partial charge >= 0.3 is 5.69 Å². The lowest BCUT2D eigenvalue weighted by molar-refractivity contribution is -0.0458. The van der Waals surface area contributed by atoms with E-state index in [1.807, 2.05) is 13.8 Å². The van der Waals surface area contributed by atoms with E-state index in [-0.39, 0.29) is 17.9 Å². The summed E-state index contributed by atoms with van der Waals surface area (Å²) in [6, 6.07) is 0. The molecule has 29 heavy (non-hydrogen) atoms. The molecule has 0 saturated carbocycles. The number of hydrogen-bond acceptors (Lipinski definition) is 6. The second-order valence-corrected chi connectivity index (χ2v) is 10.3. The molecule has 2 saturated heterocycles. The van der Waals surface area contributed by atoms with E-state index >= 15 is 0 Å². The first-order valence-electron chi connectivity index (χ1n) is 10.6. The first-order chi connectivity index (χ1) is 13.8. The lowest BCUT2D eigenvalue weighted by atomic mass is 10.2. The van der Waals surface area contributed by atoms with Crippen LogP contribution in [0, 0.1) is 0 Å². The second kappa shape index (κ2) is 8.46. The highest BCUT2D eigenvalue weighted by atomic mass is 32.2. The zero-order valence-electron chi connectivity index (χ0n) is 17.4. The van der Waals surface area contributed by atoms with Crippen molar-refractivity contribution in [2.45, 2.75) is 65.0 Å². The summed E-state index contributed by atoms with van der Waals surface area (Å²) in [5.41, 5.74) is -0.0479. The third-order valence-corrected chi connectivity index (χ3v) is 7.95. The molecule has 0 bridgehead atoms. The van der Waals surface area contributed by atoms with Crippen LogP contribution in [-0.2, 0) is 34.6 Å². The largest absolute Gasteiger partial charge is 0.373 e. The quantitative estimate of drug-likeness (QED) is 0.654. The van der Waals surface area contributed by atoms with Gasteiger partial charge in [-0.2, -0.15) is 26.8 Å². The van der Waals surface area contributed by atoms with Crippen molar-refractivity contribution >= 4 is 10.2 Å². The number of aryl methyl sites for hydroxylation is 1. The summed E-state index contributed by atoms with van der Waals surface area (Å²) in [7, 11) is -3.49. The summed E-state index contributed by atoms with van der Waals surface area (Å²) in [5.74, 6) is 0.879. The van der Waals surface area contributed by atoms with Crippen molar-refractivity contribution in [1.29, 1.82) is 0 Å². The summed E-state index contributed by atoms with van der Waals surface area (Å²) in [6.07, 6.45) is 3.89. The number of rotatable bonds is 4. The maximum Gasteiger partial charge on any atom is 0.347 e. The minimum absolute atomic E-state index is 0.0479. The van der Waals surface area contributed by atoms with Gasteiger partial charge in [-0.25, -0.2) is 4.79 Å². The molecule has 3 aliphatic rings. The molecule has 10 nitrogen and oxygen atoms in total. The molecule has 1 aromatic heterocycles. The normalized spacial score (nSPS) is 28.2. The molecule has 164 valence electrons. The molecule has 0 aromatic carbocycles. The highest BCUT2D eigenvalue weighted by Crippen LogP contribution is 2.19. The van der Waals surface area contributed by atoms with Gasteiger partial charge in [-0.05, 0) is 26.7 Å². The molecule has 0 unspecified atom stereocenters. The molecular weight excluding hydrogens is 396 g/mol. The van der Waals surface area contributed by atoms with E-state index < -0.39 is 10.2 Å². The predicted molar refractivity (Wildman–Crippen MR) is 108 cm³/mol. The predicted octanol–water partition coefficient (Wildman–Crippen LogP) is -0.300. The van der Waals surface area contributed by atoms with Gasteiger partial charge in [-0.1, -0.05) is 6.42 Å². The molecule has 3 aliphatic heterocycles. The van der Waals surface area contributed by atoms with Crippen LogP contribution in [-0.4, -0.2) is 87.8 Å². The molecule has 2 atom stereocenters. The van der Waals surface area contributed by atoms with Crippen LogP contribution in [0.2, 0.25) is 0 Å². The molecule has 4 rings (SSSR count). The van der Waals surface area contributed by atoms with Gasteiger partial charge in [0.1, 0.15) is 5.82 Å². The van der Waals surface area contributed by atoms with Gasteiger partial charge in [0.15, 0.2) is 0 Å². The fourth-order valence-corrected chi connectivity index (χ4v) is 6.24. The highest BCUT2D eigenvalue weighted by molar-refractivity contribution is 7.86. The first kappa shape index (κ1) is 21.0. The zero-order chi connectivity index (χ0) is 20.6. The van der Waals surface area contributed by atoms with Crippen LogP contribution in [0.15, 0.2) is 4.79 Å². The van der Waals surface area contributed by atoms with Crippen molar-refractivity contribution in [1.82, 2.24) is 27.9 Å². The van der Waals surface area contributed by atoms with E-state index in [4.69, 9.17) is 4.74 Å². The number of fused-ring (bicyclic) bond motifs is 1. The minimum Gasteiger partial charge on any atom is -0.373 e. The van der Waals surface area contributed by atoms with Crippen molar-refractivity contribution in [2.24, 2.45) is 0 Å². The van der Waals surface area contributed by atoms with Crippen molar-refractivity contribution in [2.75, 3.05) is 39.3 Å². The Morgan fingerprint density at radius 2 is 1.66 bits per heavy atom. The smallest absolute Gasteiger partial charge is 0.347 e. The second-order valence-electron chi connectivity index (χ2n) is 8.40. The maximum atomic E-state index is 13.0. The van der Waals surface area contributed by atoms with Crippen LogP contribution >= 0.6 is 0 Å². The Labute approximate surface area is 172 Å². The Hall–Kier alpha value is -1.27. The fourth-order valence-electron chi connectivity index (χ4n) is 4.49. The topological polar surface area (TPSA) is 92.9 Å². The van der Waals surface area contributed by atoms with Gasteiger partial charge in [-0.3, -0.25) is 9.47 Å². The average Bonchev–Trinajstić information content (AvgIpc) is 2.84. The van der Waals surface area contributed by atoms with Gasteiger partial charge in [0.05, 0.1) is 18.9 Å². The molecule has 0 amide bonds. The number of hydrogen-bond donors (Lipinski definition) is 0. The Kier molecular flexibility index (Phi) is 6.12. The third-order valence-electron chi connectivity index (χ3n) is 5.99. The van der Waals surface area contributed by atoms with Crippen LogP contribution in [0.3, 0.4) is 0 Å². The van der Waals surface area contributed by atoms with Crippen LogP contribution in [0.25, 0.3) is 0 Å². The van der Waals surface area contributed by atoms with Gasteiger partial charge in [0.2, 0.25) is 0 Å². The number of morpholine rings is 1. The van der Waals surface area contributed by atoms with E-state index in [1.165, 1.54) is 4.68 Å². The zero-order valence-corrected chi connectivity index (χ0v) is 18.2. The standard InChI is InChI=1S/C18H32N6O4S/c1-15-12-22(13-16(2)28-15)29(26,27)21-10-8-20(9-11-21)14-24-18(25)23-7-5-3-4-6-17(23)19-24/h15-16H,3-14H2,1-2H3/t15-,16+. The number of piperazine rings is 1. The average molecular weight is 429 g/mol. The molecule has 0 N–H and O–H groups in total. The highest BCUT2D eigenvalue weighted by Gasteiger charge is 2.36. The summed E-state index contributed by atoms with van der Waals surface area (Å²) < 4.78 is 38.1. The Balaban J connectivity index is 1.37. The lowest BCUT2D eigenvalue weighted by Crippen LogP contribution is -2.57. The van der Waals surface area contributed by atoms with Crippen LogP contribution in [0.1, 0.15) is 38.9 Å². The molecule has 0 radical (unpaired) electrons. The molecule has 1 aromatic rings. The van der Waals surface area contributed by atoms with Crippen molar-refractivity contribution in [3.8, 4) is 0 Å². The van der Waals surface area contributed by atoms with E-state index in [9.17, 15) is 13.2 Å². The molecule has 2 fully saturated rings. The number of aromatic nitrogens is 3. The van der Waals surface area contributed by atoms with E-state index in [1.54, 1.807) is 13.2 Å². The van der Waals surface area contributed by atoms with E-state index in [2.05, 4.69) is 10.00 Å². The number of nitrogens with zero attached hydrogens (tertiary/aromatic N) is 6. The molecular formula is C18H32N6O4S. The third kappa shape index (κ3) is 4.43. The summed E-state index contributed by atoms with van der Waals surface area (Å²) >= 11 is 0.